The van der Waals surface area contributed by atoms with Crippen LogP contribution in [0.15, 0.2) is 71.4 Å². The van der Waals surface area contributed by atoms with Gasteiger partial charge in [-0.05, 0) is 43.7 Å². The van der Waals surface area contributed by atoms with Crippen molar-refractivity contribution in [2.45, 2.75) is 52.0 Å². The van der Waals surface area contributed by atoms with Crippen molar-refractivity contribution in [3.8, 4) is 0 Å². The molecule has 2 aromatic rings. The van der Waals surface area contributed by atoms with Crippen LogP contribution in [0.3, 0.4) is 0 Å². The molecule has 5 heteroatoms. The number of para-hydroxylation sites is 1. The molecule has 0 saturated carbocycles. The first-order valence-electron chi connectivity index (χ1n) is 11.1. The highest BCUT2D eigenvalue weighted by Crippen LogP contribution is 2.27. The number of amidine groups is 1. The first-order valence-corrected chi connectivity index (χ1v) is 11.1. The molecule has 0 bridgehead atoms. The lowest BCUT2D eigenvalue weighted by Crippen LogP contribution is -2.26. The summed E-state index contributed by atoms with van der Waals surface area (Å²) in [6.45, 7) is 7.49. The highest BCUT2D eigenvalue weighted by atomic mass is 19.1. The first kappa shape index (κ1) is 22.6. The molecule has 4 nitrogen and oxygen atoms in total. The fourth-order valence-corrected chi connectivity index (χ4v) is 3.76. The number of rotatable bonds is 8. The smallest absolute Gasteiger partial charge is 0.146 e. The second-order valence-corrected chi connectivity index (χ2v) is 7.91. The maximum absolute atomic E-state index is 14.5. The van der Waals surface area contributed by atoms with Gasteiger partial charge in [-0.25, -0.2) is 4.39 Å². The molecule has 0 radical (unpaired) electrons. The molecular weight excluding hydrogens is 387 g/mol. The molecule has 31 heavy (non-hydrogen) atoms. The van der Waals surface area contributed by atoms with Gasteiger partial charge in [0.15, 0.2) is 0 Å². The van der Waals surface area contributed by atoms with E-state index < -0.39 is 0 Å². The Morgan fingerprint density at radius 3 is 2.61 bits per heavy atom. The summed E-state index contributed by atoms with van der Waals surface area (Å²) in [6, 6.07) is 15.2. The Morgan fingerprint density at radius 1 is 1.06 bits per heavy atom. The third kappa shape index (κ3) is 6.20. The monoisotopic (exact) mass is 420 g/mol. The van der Waals surface area contributed by atoms with E-state index in [-0.39, 0.29) is 5.82 Å². The van der Waals surface area contributed by atoms with Gasteiger partial charge in [0.05, 0.1) is 12.2 Å². The molecule has 0 aliphatic heterocycles. The van der Waals surface area contributed by atoms with Crippen molar-refractivity contribution in [1.82, 2.24) is 5.32 Å². The predicted octanol–water partition coefficient (Wildman–Crippen LogP) is 5.98. The molecule has 0 fully saturated rings. The number of benzene rings is 2. The van der Waals surface area contributed by atoms with E-state index in [1.165, 1.54) is 6.07 Å². The number of anilines is 1. The normalized spacial score (nSPS) is 14.8. The molecule has 1 aliphatic rings. The summed E-state index contributed by atoms with van der Waals surface area (Å²) in [5.41, 5.74) is 11.3. The highest BCUT2D eigenvalue weighted by Gasteiger charge is 2.18. The van der Waals surface area contributed by atoms with Crippen LogP contribution in [0.2, 0.25) is 0 Å². The van der Waals surface area contributed by atoms with Crippen molar-refractivity contribution < 1.29 is 4.39 Å². The van der Waals surface area contributed by atoms with Crippen LogP contribution >= 0.6 is 0 Å². The van der Waals surface area contributed by atoms with Crippen molar-refractivity contribution in [3.63, 3.8) is 0 Å². The van der Waals surface area contributed by atoms with Crippen LogP contribution in [0.25, 0.3) is 5.70 Å². The second-order valence-electron chi connectivity index (χ2n) is 7.91. The van der Waals surface area contributed by atoms with Crippen LogP contribution in [0.1, 0.15) is 56.6 Å². The molecule has 0 amide bonds. The third-order valence-corrected chi connectivity index (χ3v) is 5.47. The number of hydrogen-bond donors (Lipinski definition) is 3. The fraction of sp³-hybridized carbons (Fsp3) is 0.346. The van der Waals surface area contributed by atoms with Crippen LogP contribution in [-0.2, 0) is 6.54 Å². The number of hydrogen-bond acceptors (Lipinski definition) is 3. The molecule has 0 saturated heterocycles. The molecule has 3 rings (SSSR count). The molecule has 0 atom stereocenters. The van der Waals surface area contributed by atoms with Gasteiger partial charge in [0, 0.05) is 29.1 Å². The number of allylic oxidation sites excluding steroid dienone is 1. The maximum Gasteiger partial charge on any atom is 0.146 e. The van der Waals surface area contributed by atoms with Gasteiger partial charge in [0.2, 0.25) is 0 Å². The molecular formula is C26H33FN4. The van der Waals surface area contributed by atoms with E-state index in [2.05, 4.69) is 36.3 Å². The lowest BCUT2D eigenvalue weighted by Gasteiger charge is -2.19. The van der Waals surface area contributed by atoms with Crippen molar-refractivity contribution in [3.05, 3.63) is 83.3 Å². The van der Waals surface area contributed by atoms with Crippen LogP contribution in [0.4, 0.5) is 10.1 Å². The van der Waals surface area contributed by atoms with Crippen molar-refractivity contribution >= 4 is 17.2 Å². The minimum atomic E-state index is -0.287. The minimum absolute atomic E-state index is 0.287. The Hall–Kier alpha value is -3.08. The second kappa shape index (κ2) is 11.3. The molecule has 0 unspecified atom stereocenters. The molecule has 2 aromatic carbocycles. The van der Waals surface area contributed by atoms with Crippen LogP contribution < -0.4 is 16.4 Å². The summed E-state index contributed by atoms with van der Waals surface area (Å²) in [4.78, 5) is 4.88. The SMILES string of the molecule is C=C(NC(=NCc1ccccc1)C1=C(N)CCCCC1)c1cccc(F)c1NCCC. The third-order valence-electron chi connectivity index (χ3n) is 5.47. The summed E-state index contributed by atoms with van der Waals surface area (Å²) in [5.74, 6) is 0.448. The van der Waals surface area contributed by atoms with Gasteiger partial charge in [-0.2, -0.15) is 0 Å². The minimum Gasteiger partial charge on any atom is -0.402 e. The summed E-state index contributed by atoms with van der Waals surface area (Å²) in [7, 11) is 0. The lowest BCUT2D eigenvalue weighted by atomic mass is 10.1. The molecule has 0 spiro atoms. The number of nitrogens with one attached hydrogen (secondary N) is 2. The van der Waals surface area contributed by atoms with Gasteiger partial charge >= 0.3 is 0 Å². The van der Waals surface area contributed by atoms with E-state index >= 15 is 0 Å². The van der Waals surface area contributed by atoms with Crippen LogP contribution in [0.5, 0.6) is 0 Å². The maximum atomic E-state index is 14.5. The summed E-state index contributed by atoms with van der Waals surface area (Å²) in [6.07, 6.45) is 5.99. The zero-order valence-corrected chi connectivity index (χ0v) is 18.4. The molecule has 164 valence electrons. The van der Waals surface area contributed by atoms with E-state index in [0.717, 1.165) is 61.2 Å². The largest absolute Gasteiger partial charge is 0.402 e. The zero-order valence-electron chi connectivity index (χ0n) is 18.4. The number of halogens is 1. The van der Waals surface area contributed by atoms with E-state index in [1.54, 1.807) is 6.07 Å². The number of nitrogens with two attached hydrogens (primary N) is 1. The number of aliphatic imine (C=N–C) groups is 1. The lowest BCUT2D eigenvalue weighted by molar-refractivity contribution is 0.629. The van der Waals surface area contributed by atoms with Gasteiger partial charge in [-0.15, -0.1) is 0 Å². The van der Waals surface area contributed by atoms with Crippen molar-refractivity contribution in [2.75, 3.05) is 11.9 Å². The van der Waals surface area contributed by atoms with Gasteiger partial charge in [-0.3, -0.25) is 4.99 Å². The van der Waals surface area contributed by atoms with Crippen molar-refractivity contribution in [1.29, 1.82) is 0 Å². The van der Waals surface area contributed by atoms with Gasteiger partial charge in [0.1, 0.15) is 11.7 Å². The quantitative estimate of drug-likeness (QED) is 0.363. The van der Waals surface area contributed by atoms with E-state index in [4.69, 9.17) is 10.7 Å². The highest BCUT2D eigenvalue weighted by molar-refractivity contribution is 6.04. The fourth-order valence-electron chi connectivity index (χ4n) is 3.76. The number of nitrogens with zero attached hydrogens (tertiary/aromatic N) is 1. The average Bonchev–Trinajstić information content (AvgIpc) is 3.00. The Labute approximate surface area is 185 Å². The van der Waals surface area contributed by atoms with Crippen LogP contribution in [-0.4, -0.2) is 12.4 Å². The Kier molecular flexibility index (Phi) is 8.27. The first-order chi connectivity index (χ1) is 15.1. The van der Waals surface area contributed by atoms with E-state index in [1.807, 2.05) is 24.3 Å². The average molecular weight is 421 g/mol. The summed E-state index contributed by atoms with van der Waals surface area (Å²) in [5, 5.41) is 6.58. The topological polar surface area (TPSA) is 62.4 Å². The molecule has 0 heterocycles. The van der Waals surface area contributed by atoms with Gasteiger partial charge < -0.3 is 16.4 Å². The summed E-state index contributed by atoms with van der Waals surface area (Å²) >= 11 is 0. The predicted molar refractivity (Wildman–Crippen MR) is 129 cm³/mol. The summed E-state index contributed by atoms with van der Waals surface area (Å²) < 4.78 is 14.5. The zero-order chi connectivity index (χ0) is 22.1. The van der Waals surface area contributed by atoms with Crippen LogP contribution in [0, 0.1) is 5.82 Å². The van der Waals surface area contributed by atoms with E-state index in [0.29, 0.717) is 30.0 Å². The van der Waals surface area contributed by atoms with E-state index in [9.17, 15) is 4.39 Å². The Bertz CT molecular complexity index is 947. The Balaban J connectivity index is 1.91. The standard InChI is InChI=1S/C26H33FN4/c1-3-17-29-25-21(14-10-15-23(25)27)19(2)31-26(22-13-8-5-9-16-24(22)28)30-18-20-11-6-4-7-12-20/h4,6-7,10-12,14-15,29H,2-3,5,8-9,13,16-18,28H2,1H3,(H,30,31). The Morgan fingerprint density at radius 2 is 1.84 bits per heavy atom. The van der Waals surface area contributed by atoms with Gasteiger partial charge in [-0.1, -0.05) is 62.4 Å². The van der Waals surface area contributed by atoms with Gasteiger partial charge in [0.25, 0.3) is 0 Å². The molecule has 4 N–H and O–H groups in total. The molecule has 0 aromatic heterocycles. The van der Waals surface area contributed by atoms with Crippen molar-refractivity contribution in [2.24, 2.45) is 10.7 Å². The molecule has 1 aliphatic carbocycles.